The second kappa shape index (κ2) is 11.6. The van der Waals surface area contributed by atoms with Gasteiger partial charge in [-0.15, -0.1) is 0 Å². The van der Waals surface area contributed by atoms with Gasteiger partial charge in [0.25, 0.3) is 0 Å². The molecule has 1 aliphatic rings. The molecule has 3 aromatic rings. The fourth-order valence-electron chi connectivity index (χ4n) is 3.65. The number of ether oxygens (including phenoxy) is 2. The summed E-state index contributed by atoms with van der Waals surface area (Å²) in [6, 6.07) is 21.8. The smallest absolute Gasteiger partial charge is 0.119 e. The number of hydrogen-bond acceptors (Lipinski definition) is 4. The molecule has 0 amide bonds. The van der Waals surface area contributed by atoms with E-state index in [9.17, 15) is 4.39 Å². The summed E-state index contributed by atoms with van der Waals surface area (Å²) in [5, 5.41) is 0. The third-order valence-electron chi connectivity index (χ3n) is 5.54. The fraction of sp³-hybridized carbons (Fsp3) is 0.296. The highest BCUT2D eigenvalue weighted by Crippen LogP contribution is 2.22. The number of pyridine rings is 1. The molecule has 0 N–H and O–H groups in total. The molecule has 0 spiro atoms. The van der Waals surface area contributed by atoms with Gasteiger partial charge < -0.3 is 9.47 Å². The van der Waals surface area contributed by atoms with Gasteiger partial charge in [0.1, 0.15) is 18.2 Å². The SMILES string of the molecule is FC(=CCc1ccccc1)Cc1ccc(-c2ccc(OCCN3CCOCC3)cc2)cn1. The molecule has 1 aliphatic heterocycles. The Morgan fingerprint density at radius 1 is 0.969 bits per heavy atom. The first kappa shape index (κ1) is 22.2. The van der Waals surface area contributed by atoms with Crippen molar-refractivity contribution in [2.75, 3.05) is 39.5 Å². The molecule has 32 heavy (non-hydrogen) atoms. The minimum atomic E-state index is -0.160. The highest BCUT2D eigenvalue weighted by molar-refractivity contribution is 5.63. The number of rotatable bonds is 9. The summed E-state index contributed by atoms with van der Waals surface area (Å²) >= 11 is 0. The van der Waals surface area contributed by atoms with E-state index in [0.717, 1.165) is 61.0 Å². The van der Waals surface area contributed by atoms with Crippen LogP contribution < -0.4 is 4.74 Å². The number of hydrogen-bond donors (Lipinski definition) is 0. The molecular formula is C27H29FN2O2. The van der Waals surface area contributed by atoms with E-state index >= 15 is 0 Å². The molecule has 0 aliphatic carbocycles. The van der Waals surface area contributed by atoms with Crippen molar-refractivity contribution in [2.45, 2.75) is 12.8 Å². The van der Waals surface area contributed by atoms with Crippen molar-refractivity contribution in [3.05, 3.63) is 96.1 Å². The fourth-order valence-corrected chi connectivity index (χ4v) is 3.65. The number of benzene rings is 2. The Bertz CT molecular complexity index is 982. The van der Waals surface area contributed by atoms with Crippen molar-refractivity contribution in [3.63, 3.8) is 0 Å². The van der Waals surface area contributed by atoms with E-state index in [1.165, 1.54) is 0 Å². The van der Waals surface area contributed by atoms with Crippen LogP contribution in [0.5, 0.6) is 5.75 Å². The van der Waals surface area contributed by atoms with Gasteiger partial charge in [0.05, 0.1) is 13.2 Å². The van der Waals surface area contributed by atoms with E-state index in [0.29, 0.717) is 13.0 Å². The zero-order valence-electron chi connectivity index (χ0n) is 18.3. The Morgan fingerprint density at radius 2 is 1.72 bits per heavy atom. The normalized spacial score (nSPS) is 15.0. The van der Waals surface area contributed by atoms with Gasteiger partial charge in [-0.1, -0.05) is 48.5 Å². The van der Waals surface area contributed by atoms with Gasteiger partial charge in [0.2, 0.25) is 0 Å². The highest BCUT2D eigenvalue weighted by atomic mass is 19.1. The van der Waals surface area contributed by atoms with Crippen molar-refractivity contribution >= 4 is 0 Å². The third kappa shape index (κ3) is 6.74. The number of halogens is 1. The minimum absolute atomic E-state index is 0.160. The second-order valence-corrected chi connectivity index (χ2v) is 7.88. The minimum Gasteiger partial charge on any atom is -0.492 e. The summed E-state index contributed by atoms with van der Waals surface area (Å²) in [6.45, 7) is 5.12. The van der Waals surface area contributed by atoms with Gasteiger partial charge in [-0.3, -0.25) is 9.88 Å². The van der Waals surface area contributed by atoms with Crippen LogP contribution in [-0.4, -0.2) is 49.3 Å². The van der Waals surface area contributed by atoms with Crippen LogP contribution in [0.15, 0.2) is 84.8 Å². The molecule has 1 aromatic heterocycles. The maximum Gasteiger partial charge on any atom is 0.119 e. The predicted molar refractivity (Wildman–Crippen MR) is 125 cm³/mol. The lowest BCUT2D eigenvalue weighted by atomic mass is 10.1. The maximum absolute atomic E-state index is 14.3. The Labute approximate surface area is 189 Å². The monoisotopic (exact) mass is 432 g/mol. The predicted octanol–water partition coefficient (Wildman–Crippen LogP) is 5.10. The summed E-state index contributed by atoms with van der Waals surface area (Å²) in [5.74, 6) is 0.699. The van der Waals surface area contributed by atoms with Crippen LogP contribution >= 0.6 is 0 Å². The largest absolute Gasteiger partial charge is 0.492 e. The summed E-state index contributed by atoms with van der Waals surface area (Å²) in [6.07, 6.45) is 4.23. The van der Waals surface area contributed by atoms with Gasteiger partial charge in [0.15, 0.2) is 0 Å². The molecule has 0 unspecified atom stereocenters. The first-order chi connectivity index (χ1) is 15.8. The maximum atomic E-state index is 14.3. The zero-order chi connectivity index (χ0) is 22.0. The Kier molecular flexibility index (Phi) is 8.01. The van der Waals surface area contributed by atoms with E-state index in [2.05, 4.69) is 9.88 Å². The summed E-state index contributed by atoms with van der Waals surface area (Å²) < 4.78 is 25.5. The first-order valence-corrected chi connectivity index (χ1v) is 11.1. The molecule has 0 bridgehead atoms. The molecule has 1 fully saturated rings. The Balaban J connectivity index is 1.26. The Hall–Kier alpha value is -3.02. The topological polar surface area (TPSA) is 34.6 Å². The molecule has 4 nitrogen and oxygen atoms in total. The van der Waals surface area contributed by atoms with Crippen LogP contribution in [-0.2, 0) is 17.6 Å². The molecule has 166 valence electrons. The average Bonchev–Trinajstić information content (AvgIpc) is 2.85. The summed E-state index contributed by atoms with van der Waals surface area (Å²) in [7, 11) is 0. The lowest BCUT2D eigenvalue weighted by molar-refractivity contribution is 0.0322. The lowest BCUT2D eigenvalue weighted by Crippen LogP contribution is -2.38. The molecule has 0 radical (unpaired) electrons. The van der Waals surface area contributed by atoms with Crippen LogP contribution in [0.1, 0.15) is 11.3 Å². The zero-order valence-corrected chi connectivity index (χ0v) is 18.3. The van der Waals surface area contributed by atoms with E-state index in [1.807, 2.05) is 66.7 Å². The molecule has 0 atom stereocenters. The van der Waals surface area contributed by atoms with E-state index in [1.54, 1.807) is 12.3 Å². The Morgan fingerprint density at radius 3 is 2.44 bits per heavy atom. The summed E-state index contributed by atoms with van der Waals surface area (Å²) in [5.41, 5.74) is 3.88. The van der Waals surface area contributed by atoms with Crippen LogP contribution in [0, 0.1) is 0 Å². The van der Waals surface area contributed by atoms with Crippen LogP contribution in [0.25, 0.3) is 11.1 Å². The van der Waals surface area contributed by atoms with E-state index in [-0.39, 0.29) is 12.2 Å². The molecule has 4 rings (SSSR count). The van der Waals surface area contributed by atoms with Crippen LogP contribution in [0.4, 0.5) is 4.39 Å². The average molecular weight is 433 g/mol. The highest BCUT2D eigenvalue weighted by Gasteiger charge is 2.10. The van der Waals surface area contributed by atoms with Gasteiger partial charge in [0, 0.05) is 43.5 Å². The van der Waals surface area contributed by atoms with Gasteiger partial charge in [-0.2, -0.15) is 0 Å². The van der Waals surface area contributed by atoms with Crippen LogP contribution in [0.3, 0.4) is 0 Å². The van der Waals surface area contributed by atoms with Crippen molar-refractivity contribution in [1.29, 1.82) is 0 Å². The third-order valence-corrected chi connectivity index (χ3v) is 5.54. The second-order valence-electron chi connectivity index (χ2n) is 7.88. The standard InChI is InChI=1S/C27H29FN2O2/c28-25(10-6-22-4-2-1-3-5-22)20-26-11-7-24(21-29-26)23-8-12-27(13-9-23)32-19-16-30-14-17-31-18-15-30/h1-5,7-13,21H,6,14-20H2. The van der Waals surface area contributed by atoms with Crippen LogP contribution in [0.2, 0.25) is 0 Å². The molecule has 5 heteroatoms. The molecule has 2 aromatic carbocycles. The molecular weight excluding hydrogens is 403 g/mol. The number of morpholine rings is 1. The number of nitrogens with zero attached hydrogens (tertiary/aromatic N) is 2. The van der Waals surface area contributed by atoms with Crippen molar-refractivity contribution in [1.82, 2.24) is 9.88 Å². The van der Waals surface area contributed by atoms with Crippen molar-refractivity contribution < 1.29 is 13.9 Å². The summed E-state index contributed by atoms with van der Waals surface area (Å²) in [4.78, 5) is 6.80. The van der Waals surface area contributed by atoms with E-state index in [4.69, 9.17) is 9.47 Å². The van der Waals surface area contributed by atoms with Gasteiger partial charge in [-0.05, 0) is 41.8 Å². The molecule has 1 saturated heterocycles. The van der Waals surface area contributed by atoms with E-state index < -0.39 is 0 Å². The molecule has 0 saturated carbocycles. The first-order valence-electron chi connectivity index (χ1n) is 11.1. The number of aromatic nitrogens is 1. The van der Waals surface area contributed by atoms with Crippen molar-refractivity contribution in [3.8, 4) is 16.9 Å². The molecule has 2 heterocycles. The van der Waals surface area contributed by atoms with Crippen molar-refractivity contribution in [2.24, 2.45) is 0 Å². The van der Waals surface area contributed by atoms with Gasteiger partial charge >= 0.3 is 0 Å². The quantitative estimate of drug-likeness (QED) is 0.471. The van der Waals surface area contributed by atoms with Gasteiger partial charge in [-0.25, -0.2) is 4.39 Å². The lowest BCUT2D eigenvalue weighted by Gasteiger charge is -2.26. The number of allylic oxidation sites excluding steroid dienone is 2.